The highest BCUT2D eigenvalue weighted by Crippen LogP contribution is 2.27. The van der Waals surface area contributed by atoms with Crippen molar-refractivity contribution in [3.8, 4) is 17.2 Å². The Morgan fingerprint density at radius 2 is 1.57 bits per heavy atom. The summed E-state index contributed by atoms with van der Waals surface area (Å²) in [4.78, 5) is 27.0. The molecular weight excluding hydrogens is 384 g/mol. The number of carbonyl (C=O) groups is 2. The van der Waals surface area contributed by atoms with Crippen LogP contribution in [-0.2, 0) is 16.1 Å². The average molecular weight is 415 g/mol. The van der Waals surface area contributed by atoms with Gasteiger partial charge in [0.1, 0.15) is 23.3 Å². The van der Waals surface area contributed by atoms with Crippen LogP contribution < -0.4 is 19.5 Å². The molecule has 0 aromatic heterocycles. The maximum Gasteiger partial charge on any atom is 0.261 e. The van der Waals surface area contributed by atoms with Gasteiger partial charge in [0.2, 0.25) is 5.91 Å². The summed E-state index contributed by atoms with van der Waals surface area (Å²) < 4.78 is 16.2. The van der Waals surface area contributed by atoms with Gasteiger partial charge in [0.25, 0.3) is 5.91 Å². The highest BCUT2D eigenvalue weighted by atomic mass is 16.5. The van der Waals surface area contributed by atoms with E-state index in [2.05, 4.69) is 5.32 Å². The lowest BCUT2D eigenvalue weighted by molar-refractivity contribution is -0.142. The molecule has 0 saturated heterocycles. The second kappa shape index (κ2) is 11.1. The maximum absolute atomic E-state index is 13.1. The van der Waals surface area contributed by atoms with Crippen molar-refractivity contribution in [3.05, 3.63) is 53.6 Å². The summed E-state index contributed by atoms with van der Waals surface area (Å²) in [5, 5.41) is 2.64. The molecular formula is C23H30N2O5. The lowest BCUT2D eigenvalue weighted by Crippen LogP contribution is -2.49. The smallest absolute Gasteiger partial charge is 0.261 e. The Balaban J connectivity index is 2.21. The molecule has 0 unspecified atom stereocenters. The van der Waals surface area contributed by atoms with E-state index in [1.54, 1.807) is 44.4 Å². The molecule has 1 N–H and O–H groups in total. The lowest BCUT2D eigenvalue weighted by atomic mass is 10.1. The molecule has 30 heavy (non-hydrogen) atoms. The number of nitrogens with one attached hydrogen (secondary N) is 1. The molecule has 2 amide bonds. The minimum atomic E-state index is -0.591. The molecule has 0 heterocycles. The zero-order valence-corrected chi connectivity index (χ0v) is 18.2. The zero-order valence-electron chi connectivity index (χ0n) is 18.2. The van der Waals surface area contributed by atoms with Crippen LogP contribution >= 0.6 is 0 Å². The summed E-state index contributed by atoms with van der Waals surface area (Å²) in [5.74, 6) is 1.08. The summed E-state index contributed by atoms with van der Waals surface area (Å²) in [6, 6.07) is 12.4. The number of aryl methyl sites for hydroxylation is 1. The number of benzene rings is 2. The number of likely N-dealkylation sites (N-methyl/N-ethyl adjacent to an activating group) is 1. The van der Waals surface area contributed by atoms with Crippen molar-refractivity contribution < 1.29 is 23.8 Å². The quantitative estimate of drug-likeness (QED) is 0.647. The third-order valence-corrected chi connectivity index (χ3v) is 4.79. The normalized spacial score (nSPS) is 11.4. The van der Waals surface area contributed by atoms with Crippen molar-refractivity contribution in [1.82, 2.24) is 10.2 Å². The Morgan fingerprint density at radius 3 is 2.07 bits per heavy atom. The molecule has 0 fully saturated rings. The van der Waals surface area contributed by atoms with E-state index in [0.717, 1.165) is 11.1 Å². The Labute approximate surface area is 177 Å². The van der Waals surface area contributed by atoms with Crippen molar-refractivity contribution in [1.29, 1.82) is 0 Å². The van der Waals surface area contributed by atoms with Gasteiger partial charge in [0.05, 0.1) is 14.2 Å². The number of methoxy groups -OCH3 is 2. The van der Waals surface area contributed by atoms with Crippen LogP contribution in [-0.4, -0.2) is 50.6 Å². The minimum absolute atomic E-state index is 0.207. The van der Waals surface area contributed by atoms with E-state index in [9.17, 15) is 9.59 Å². The topological polar surface area (TPSA) is 77.1 Å². The third-order valence-electron chi connectivity index (χ3n) is 4.79. The van der Waals surface area contributed by atoms with Crippen LogP contribution in [0, 0.1) is 6.92 Å². The van der Waals surface area contributed by atoms with Gasteiger partial charge in [-0.3, -0.25) is 9.59 Å². The molecule has 7 heteroatoms. The second-order valence-corrected chi connectivity index (χ2v) is 6.88. The molecule has 0 saturated carbocycles. The number of ether oxygens (including phenoxy) is 3. The van der Waals surface area contributed by atoms with E-state index >= 15 is 0 Å². The molecule has 0 aliphatic rings. The predicted octanol–water partition coefficient (Wildman–Crippen LogP) is 2.94. The van der Waals surface area contributed by atoms with Crippen molar-refractivity contribution in [2.24, 2.45) is 0 Å². The van der Waals surface area contributed by atoms with Gasteiger partial charge in [-0.15, -0.1) is 0 Å². The zero-order chi connectivity index (χ0) is 22.1. The van der Waals surface area contributed by atoms with Gasteiger partial charge in [0, 0.05) is 31.8 Å². The monoisotopic (exact) mass is 414 g/mol. The van der Waals surface area contributed by atoms with E-state index in [1.807, 2.05) is 38.1 Å². The highest BCUT2D eigenvalue weighted by molar-refractivity contribution is 5.88. The highest BCUT2D eigenvalue weighted by Gasteiger charge is 2.28. The van der Waals surface area contributed by atoms with E-state index in [-0.39, 0.29) is 18.4 Å². The molecule has 2 aromatic carbocycles. The van der Waals surface area contributed by atoms with Crippen molar-refractivity contribution in [2.45, 2.75) is 32.9 Å². The van der Waals surface area contributed by atoms with E-state index in [1.165, 1.54) is 0 Å². The van der Waals surface area contributed by atoms with Crippen molar-refractivity contribution >= 4 is 11.8 Å². The largest absolute Gasteiger partial charge is 0.496 e. The number of rotatable bonds is 10. The third kappa shape index (κ3) is 6.14. The summed E-state index contributed by atoms with van der Waals surface area (Å²) in [5.41, 5.74) is 2.07. The van der Waals surface area contributed by atoms with Crippen LogP contribution in [0.4, 0.5) is 0 Å². The fourth-order valence-corrected chi connectivity index (χ4v) is 3.07. The maximum atomic E-state index is 13.1. The van der Waals surface area contributed by atoms with Crippen LogP contribution in [0.3, 0.4) is 0 Å². The Hall–Kier alpha value is -3.22. The SMILES string of the molecule is CC[C@H](C(=O)NC)N(Cc1ccc(C)cc1)C(=O)COc1cc(OC)cc(OC)c1. The molecule has 162 valence electrons. The lowest BCUT2D eigenvalue weighted by Gasteiger charge is -2.30. The van der Waals surface area contributed by atoms with Crippen LogP contribution in [0.5, 0.6) is 17.2 Å². The van der Waals surface area contributed by atoms with E-state index < -0.39 is 6.04 Å². The van der Waals surface area contributed by atoms with Crippen LogP contribution in [0.15, 0.2) is 42.5 Å². The molecule has 0 aliphatic heterocycles. The van der Waals surface area contributed by atoms with Gasteiger partial charge in [-0.05, 0) is 18.9 Å². The van der Waals surface area contributed by atoms with Gasteiger partial charge >= 0.3 is 0 Å². The first-order valence-corrected chi connectivity index (χ1v) is 9.84. The summed E-state index contributed by atoms with van der Waals surface area (Å²) in [6.07, 6.45) is 0.490. The fourth-order valence-electron chi connectivity index (χ4n) is 3.07. The van der Waals surface area contributed by atoms with Crippen molar-refractivity contribution in [2.75, 3.05) is 27.9 Å². The van der Waals surface area contributed by atoms with Crippen molar-refractivity contribution in [3.63, 3.8) is 0 Å². The summed E-state index contributed by atoms with van der Waals surface area (Å²) in [7, 11) is 4.66. The number of amides is 2. The summed E-state index contributed by atoms with van der Waals surface area (Å²) >= 11 is 0. The van der Waals surface area contributed by atoms with Gasteiger partial charge in [-0.2, -0.15) is 0 Å². The standard InChI is InChI=1S/C23H30N2O5/c1-6-21(23(27)24-3)25(14-17-9-7-16(2)8-10-17)22(26)15-30-20-12-18(28-4)11-19(13-20)29-5/h7-13,21H,6,14-15H2,1-5H3,(H,24,27)/t21-/m1/s1. The number of carbonyl (C=O) groups excluding carboxylic acids is 2. The molecule has 7 nitrogen and oxygen atoms in total. The first-order chi connectivity index (χ1) is 14.4. The van der Waals surface area contributed by atoms with E-state index in [0.29, 0.717) is 30.2 Å². The minimum Gasteiger partial charge on any atom is -0.496 e. The molecule has 0 radical (unpaired) electrons. The van der Waals surface area contributed by atoms with E-state index in [4.69, 9.17) is 14.2 Å². The van der Waals surface area contributed by atoms with Crippen LogP contribution in [0.2, 0.25) is 0 Å². The fraction of sp³-hybridized carbons (Fsp3) is 0.391. The second-order valence-electron chi connectivity index (χ2n) is 6.88. The van der Waals surface area contributed by atoms with Gasteiger partial charge in [-0.25, -0.2) is 0 Å². The van der Waals surface area contributed by atoms with Crippen LogP contribution in [0.25, 0.3) is 0 Å². The van der Waals surface area contributed by atoms with Gasteiger partial charge in [-0.1, -0.05) is 36.8 Å². The molecule has 0 spiro atoms. The van der Waals surface area contributed by atoms with Gasteiger partial charge in [0.15, 0.2) is 6.61 Å². The first-order valence-electron chi connectivity index (χ1n) is 9.84. The number of nitrogens with zero attached hydrogens (tertiary/aromatic N) is 1. The molecule has 2 rings (SSSR count). The number of hydrogen-bond acceptors (Lipinski definition) is 5. The molecule has 0 bridgehead atoms. The Morgan fingerprint density at radius 1 is 1.00 bits per heavy atom. The Bertz CT molecular complexity index is 829. The molecule has 0 aliphatic carbocycles. The molecule has 1 atom stereocenters. The molecule has 2 aromatic rings. The van der Waals surface area contributed by atoms with Crippen LogP contribution in [0.1, 0.15) is 24.5 Å². The summed E-state index contributed by atoms with van der Waals surface area (Å²) in [6.45, 7) is 3.98. The number of hydrogen-bond donors (Lipinski definition) is 1. The predicted molar refractivity (Wildman–Crippen MR) is 115 cm³/mol. The van der Waals surface area contributed by atoms with Gasteiger partial charge < -0.3 is 24.4 Å². The Kier molecular flexibility index (Phi) is 8.53. The first kappa shape index (κ1) is 23.1. The average Bonchev–Trinajstić information content (AvgIpc) is 2.77.